The number of rotatable bonds is 4. The Morgan fingerprint density at radius 3 is 3.05 bits per heavy atom. The Hall–Kier alpha value is -1.75. The van der Waals surface area contributed by atoms with Gasteiger partial charge in [0, 0.05) is 37.5 Å². The normalized spacial score (nSPS) is 25.0. The second kappa shape index (κ2) is 7.01. The molecule has 0 aliphatic carbocycles. The van der Waals surface area contributed by atoms with Crippen molar-refractivity contribution < 1.29 is 14.3 Å². The quantitative estimate of drug-likeness (QED) is 0.924. The number of benzene rings is 1. The maximum atomic E-state index is 12.2. The van der Waals surface area contributed by atoms with Gasteiger partial charge in [-0.1, -0.05) is 6.07 Å². The van der Waals surface area contributed by atoms with Crippen molar-refractivity contribution in [1.29, 1.82) is 0 Å². The van der Waals surface area contributed by atoms with Gasteiger partial charge in [-0.3, -0.25) is 4.79 Å². The van der Waals surface area contributed by atoms with E-state index in [9.17, 15) is 4.79 Å². The smallest absolute Gasteiger partial charge is 0.249 e. The summed E-state index contributed by atoms with van der Waals surface area (Å²) in [5.74, 6) is 0.915. The van der Waals surface area contributed by atoms with Crippen LogP contribution in [0, 0.1) is 0 Å². The molecule has 0 aromatic heterocycles. The monoisotopic (exact) mass is 304 g/mol. The summed E-state index contributed by atoms with van der Waals surface area (Å²) in [7, 11) is 1.68. The molecule has 5 nitrogen and oxygen atoms in total. The lowest BCUT2D eigenvalue weighted by atomic mass is 10.0. The van der Waals surface area contributed by atoms with Crippen LogP contribution in [0.15, 0.2) is 24.3 Å². The number of anilines is 1. The van der Waals surface area contributed by atoms with Gasteiger partial charge in [-0.05, 0) is 37.8 Å². The summed E-state index contributed by atoms with van der Waals surface area (Å²) in [5, 5.41) is 3.15. The van der Waals surface area contributed by atoms with Gasteiger partial charge in [0.15, 0.2) is 0 Å². The van der Waals surface area contributed by atoms with Crippen LogP contribution in [-0.2, 0) is 9.53 Å². The van der Waals surface area contributed by atoms with Crippen LogP contribution in [0.5, 0.6) is 5.75 Å². The first kappa shape index (κ1) is 15.2. The number of nitrogens with one attached hydrogen (secondary N) is 1. The van der Waals surface area contributed by atoms with Gasteiger partial charge in [-0.2, -0.15) is 0 Å². The van der Waals surface area contributed by atoms with E-state index in [1.807, 2.05) is 18.2 Å². The highest BCUT2D eigenvalue weighted by molar-refractivity contribution is 5.81. The molecule has 2 atom stereocenters. The van der Waals surface area contributed by atoms with Crippen LogP contribution in [0.4, 0.5) is 5.69 Å². The van der Waals surface area contributed by atoms with Crippen LogP contribution in [0.25, 0.3) is 0 Å². The van der Waals surface area contributed by atoms with Gasteiger partial charge < -0.3 is 19.7 Å². The van der Waals surface area contributed by atoms with Gasteiger partial charge in [0.25, 0.3) is 0 Å². The van der Waals surface area contributed by atoms with E-state index in [1.165, 1.54) is 0 Å². The third-order valence-corrected chi connectivity index (χ3v) is 4.41. The van der Waals surface area contributed by atoms with E-state index in [-0.39, 0.29) is 18.1 Å². The van der Waals surface area contributed by atoms with E-state index >= 15 is 0 Å². The Morgan fingerprint density at radius 2 is 2.27 bits per heavy atom. The zero-order chi connectivity index (χ0) is 15.4. The molecule has 0 unspecified atom stereocenters. The van der Waals surface area contributed by atoms with Crippen LogP contribution in [0.2, 0.25) is 0 Å². The highest BCUT2D eigenvalue weighted by Crippen LogP contribution is 2.24. The minimum absolute atomic E-state index is 0.0509. The molecule has 0 bridgehead atoms. The largest absolute Gasteiger partial charge is 0.497 e. The van der Waals surface area contributed by atoms with Crippen molar-refractivity contribution in [2.45, 2.75) is 37.8 Å². The van der Waals surface area contributed by atoms with Gasteiger partial charge in [-0.15, -0.1) is 0 Å². The first-order valence-corrected chi connectivity index (χ1v) is 8.07. The fourth-order valence-corrected chi connectivity index (χ4v) is 3.22. The molecular weight excluding hydrogens is 280 g/mol. The van der Waals surface area contributed by atoms with E-state index in [0.29, 0.717) is 6.61 Å². The van der Waals surface area contributed by atoms with Crippen molar-refractivity contribution in [3.8, 4) is 5.75 Å². The number of hydrogen-bond acceptors (Lipinski definition) is 4. The van der Waals surface area contributed by atoms with Gasteiger partial charge in [0.05, 0.1) is 7.11 Å². The summed E-state index contributed by atoms with van der Waals surface area (Å²) in [6.45, 7) is 2.56. The van der Waals surface area contributed by atoms with Crippen LogP contribution in [-0.4, -0.2) is 44.9 Å². The van der Waals surface area contributed by atoms with Crippen molar-refractivity contribution in [3.63, 3.8) is 0 Å². The minimum atomic E-state index is -0.243. The third-order valence-electron chi connectivity index (χ3n) is 4.41. The molecule has 2 aliphatic heterocycles. The molecule has 1 N–H and O–H groups in total. The highest BCUT2D eigenvalue weighted by Gasteiger charge is 2.27. The Labute approximate surface area is 131 Å². The van der Waals surface area contributed by atoms with Gasteiger partial charge in [0.2, 0.25) is 5.91 Å². The summed E-state index contributed by atoms with van der Waals surface area (Å²) < 4.78 is 10.7. The summed E-state index contributed by atoms with van der Waals surface area (Å²) in [5.41, 5.74) is 1.15. The molecule has 2 heterocycles. The molecule has 3 rings (SSSR count). The van der Waals surface area contributed by atoms with Crippen molar-refractivity contribution in [2.75, 3.05) is 31.7 Å². The molecular formula is C17H24N2O3. The van der Waals surface area contributed by atoms with E-state index in [1.54, 1.807) is 7.11 Å². The summed E-state index contributed by atoms with van der Waals surface area (Å²) in [4.78, 5) is 14.5. The average molecular weight is 304 g/mol. The molecule has 120 valence electrons. The second-order valence-corrected chi connectivity index (χ2v) is 6.00. The number of carbonyl (C=O) groups excluding carboxylic acids is 1. The lowest BCUT2D eigenvalue weighted by molar-refractivity contribution is -0.130. The summed E-state index contributed by atoms with van der Waals surface area (Å²) in [6.07, 6.45) is 3.69. The number of piperidine rings is 1. The first-order valence-electron chi connectivity index (χ1n) is 8.07. The minimum Gasteiger partial charge on any atom is -0.497 e. The highest BCUT2D eigenvalue weighted by atomic mass is 16.5. The molecule has 2 fully saturated rings. The molecule has 2 aliphatic rings. The molecule has 1 aromatic carbocycles. The number of methoxy groups -OCH3 is 1. The van der Waals surface area contributed by atoms with Crippen LogP contribution >= 0.6 is 0 Å². The fourth-order valence-electron chi connectivity index (χ4n) is 3.22. The maximum absolute atomic E-state index is 12.2. The Kier molecular flexibility index (Phi) is 4.83. The lowest BCUT2D eigenvalue weighted by Crippen LogP contribution is -2.50. The Bertz CT molecular complexity index is 514. The van der Waals surface area contributed by atoms with E-state index < -0.39 is 0 Å². The number of ether oxygens (including phenoxy) is 2. The lowest BCUT2D eigenvalue weighted by Gasteiger charge is -2.35. The topological polar surface area (TPSA) is 50.8 Å². The van der Waals surface area contributed by atoms with E-state index in [4.69, 9.17) is 9.47 Å². The van der Waals surface area contributed by atoms with Gasteiger partial charge in [-0.25, -0.2) is 0 Å². The van der Waals surface area contributed by atoms with Crippen molar-refractivity contribution in [1.82, 2.24) is 5.32 Å². The fraction of sp³-hybridized carbons (Fsp3) is 0.588. The molecule has 0 saturated carbocycles. The first-order chi connectivity index (χ1) is 10.8. The van der Waals surface area contributed by atoms with E-state index in [2.05, 4.69) is 16.3 Å². The molecule has 0 spiro atoms. The van der Waals surface area contributed by atoms with Crippen LogP contribution < -0.4 is 15.0 Å². The van der Waals surface area contributed by atoms with Crippen molar-refractivity contribution in [2.24, 2.45) is 0 Å². The van der Waals surface area contributed by atoms with Crippen molar-refractivity contribution in [3.05, 3.63) is 24.3 Å². The molecule has 1 amide bonds. The van der Waals surface area contributed by atoms with Crippen LogP contribution in [0.1, 0.15) is 25.7 Å². The molecule has 22 heavy (non-hydrogen) atoms. The van der Waals surface area contributed by atoms with Gasteiger partial charge in [0.1, 0.15) is 11.9 Å². The molecule has 1 aromatic rings. The zero-order valence-corrected chi connectivity index (χ0v) is 13.1. The van der Waals surface area contributed by atoms with Crippen LogP contribution in [0.3, 0.4) is 0 Å². The summed E-state index contributed by atoms with van der Waals surface area (Å²) in [6, 6.07) is 8.28. The third kappa shape index (κ3) is 3.53. The standard InChI is InChI=1S/C17H24N2O3/c1-21-15-7-2-6-14(11-15)19-9-3-5-13(12-19)18-17(20)16-8-4-10-22-16/h2,6-7,11,13,16H,3-5,8-10,12H2,1H3,(H,18,20)/t13-,16-/m1/s1. The summed E-state index contributed by atoms with van der Waals surface area (Å²) >= 11 is 0. The van der Waals surface area contributed by atoms with Crippen molar-refractivity contribution >= 4 is 11.6 Å². The van der Waals surface area contributed by atoms with E-state index in [0.717, 1.165) is 50.2 Å². The number of nitrogens with zero attached hydrogens (tertiary/aromatic N) is 1. The zero-order valence-electron chi connectivity index (χ0n) is 13.1. The molecule has 0 radical (unpaired) electrons. The maximum Gasteiger partial charge on any atom is 0.249 e. The van der Waals surface area contributed by atoms with Gasteiger partial charge >= 0.3 is 0 Å². The predicted molar refractivity (Wildman–Crippen MR) is 85.3 cm³/mol. The SMILES string of the molecule is COc1cccc(N2CCC[C@@H](NC(=O)[C@H]3CCCO3)C2)c1. The number of amides is 1. The Balaban J connectivity index is 1.59. The average Bonchev–Trinajstić information content (AvgIpc) is 3.10. The predicted octanol–water partition coefficient (Wildman–Crippen LogP) is 1.96. The molecule has 5 heteroatoms. The Morgan fingerprint density at radius 1 is 1.36 bits per heavy atom. The molecule has 2 saturated heterocycles. The number of hydrogen-bond donors (Lipinski definition) is 1. The second-order valence-electron chi connectivity index (χ2n) is 6.00. The number of carbonyl (C=O) groups is 1.